The highest BCUT2D eigenvalue weighted by Gasteiger charge is 2.14. The fourth-order valence-corrected chi connectivity index (χ4v) is 2.38. The summed E-state index contributed by atoms with van der Waals surface area (Å²) in [7, 11) is 0. The molecular weight excluding hydrogens is 290 g/mol. The Kier molecular flexibility index (Phi) is 5.20. The van der Waals surface area contributed by atoms with Gasteiger partial charge in [-0.05, 0) is 33.8 Å². The van der Waals surface area contributed by atoms with Gasteiger partial charge in [0.15, 0.2) is 5.82 Å². The van der Waals surface area contributed by atoms with Gasteiger partial charge in [0.1, 0.15) is 29.1 Å². The summed E-state index contributed by atoms with van der Waals surface area (Å²) in [5.74, 6) is 3.05. The summed E-state index contributed by atoms with van der Waals surface area (Å²) in [5, 5.41) is 3.72. The normalized spacial score (nSPS) is 12.4. The second-order valence-corrected chi connectivity index (χ2v) is 5.25. The maximum absolute atomic E-state index is 6.03. The number of anilines is 1. The lowest BCUT2D eigenvalue weighted by molar-refractivity contribution is 0.128. The monoisotopic (exact) mass is 309 g/mol. The zero-order valence-electron chi connectivity index (χ0n) is 12.7. The van der Waals surface area contributed by atoms with E-state index in [-0.39, 0.29) is 6.04 Å². The molecule has 1 unspecified atom stereocenters. The van der Waals surface area contributed by atoms with Crippen molar-refractivity contribution < 1.29 is 9.15 Å². The molecule has 0 bridgehead atoms. The van der Waals surface area contributed by atoms with Gasteiger partial charge in [-0.2, -0.15) is 0 Å². The van der Waals surface area contributed by atoms with Crippen molar-refractivity contribution in [1.29, 1.82) is 0 Å². The molecule has 2 aromatic rings. The molecule has 0 amide bonds. The van der Waals surface area contributed by atoms with Gasteiger partial charge in [-0.1, -0.05) is 11.6 Å². The minimum absolute atomic E-state index is 0.0633. The lowest BCUT2D eigenvalue weighted by Gasteiger charge is -2.14. The predicted molar refractivity (Wildman–Crippen MR) is 82.6 cm³/mol. The summed E-state index contributed by atoms with van der Waals surface area (Å²) in [6.45, 7) is 8.83. The van der Waals surface area contributed by atoms with Crippen molar-refractivity contribution in [3.63, 3.8) is 0 Å². The van der Waals surface area contributed by atoms with Crippen LogP contribution in [0.3, 0.4) is 0 Å². The van der Waals surface area contributed by atoms with E-state index in [1.165, 1.54) is 0 Å². The Morgan fingerprint density at radius 2 is 2.10 bits per heavy atom. The molecule has 21 heavy (non-hydrogen) atoms. The third kappa shape index (κ3) is 4.19. The van der Waals surface area contributed by atoms with Crippen LogP contribution in [-0.2, 0) is 11.3 Å². The third-order valence-corrected chi connectivity index (χ3v) is 3.28. The molecule has 6 heteroatoms. The van der Waals surface area contributed by atoms with Crippen LogP contribution in [0.25, 0.3) is 0 Å². The minimum Gasteiger partial charge on any atom is -0.466 e. The first-order chi connectivity index (χ1) is 9.99. The van der Waals surface area contributed by atoms with Crippen molar-refractivity contribution in [2.24, 2.45) is 0 Å². The molecule has 0 aromatic carbocycles. The number of ether oxygens (including phenoxy) is 1. The molecular formula is C15H20ClN3O2. The van der Waals surface area contributed by atoms with Crippen LogP contribution in [0.5, 0.6) is 0 Å². The number of hydrogen-bond donors (Lipinski definition) is 1. The van der Waals surface area contributed by atoms with E-state index >= 15 is 0 Å². The number of nitrogens with zero attached hydrogens (tertiary/aromatic N) is 2. The van der Waals surface area contributed by atoms with Gasteiger partial charge in [-0.25, -0.2) is 9.97 Å². The molecule has 0 fully saturated rings. The Morgan fingerprint density at radius 3 is 2.71 bits per heavy atom. The van der Waals surface area contributed by atoms with Crippen molar-refractivity contribution in [2.45, 2.75) is 40.3 Å². The van der Waals surface area contributed by atoms with E-state index in [9.17, 15) is 0 Å². The summed E-state index contributed by atoms with van der Waals surface area (Å²) in [6, 6.07) is 3.79. The first kappa shape index (κ1) is 15.8. The van der Waals surface area contributed by atoms with E-state index in [1.54, 1.807) is 6.07 Å². The molecule has 0 aliphatic carbocycles. The molecule has 0 saturated carbocycles. The number of aromatic nitrogens is 2. The van der Waals surface area contributed by atoms with Crippen LogP contribution < -0.4 is 5.32 Å². The quantitative estimate of drug-likeness (QED) is 0.816. The fraction of sp³-hybridized carbons (Fsp3) is 0.467. The Hall–Kier alpha value is -1.59. The molecule has 2 rings (SSSR count). The van der Waals surface area contributed by atoms with E-state index in [0.29, 0.717) is 30.0 Å². The molecule has 2 aromatic heterocycles. The predicted octanol–water partition coefficient (Wildman–Crippen LogP) is 4.05. The number of rotatable bonds is 6. The average Bonchev–Trinajstić information content (AvgIpc) is 2.75. The summed E-state index contributed by atoms with van der Waals surface area (Å²) < 4.78 is 10.9. The molecule has 5 nitrogen and oxygen atoms in total. The highest BCUT2D eigenvalue weighted by atomic mass is 35.5. The van der Waals surface area contributed by atoms with Gasteiger partial charge >= 0.3 is 0 Å². The first-order valence-electron chi connectivity index (χ1n) is 6.94. The van der Waals surface area contributed by atoms with Crippen molar-refractivity contribution in [3.05, 3.63) is 40.2 Å². The van der Waals surface area contributed by atoms with Gasteiger partial charge in [-0.15, -0.1) is 0 Å². The van der Waals surface area contributed by atoms with Gasteiger partial charge in [0, 0.05) is 18.2 Å². The maximum atomic E-state index is 6.03. The summed E-state index contributed by atoms with van der Waals surface area (Å²) >= 11 is 6.03. The second-order valence-electron chi connectivity index (χ2n) is 4.86. The molecule has 0 spiro atoms. The molecule has 114 valence electrons. The molecule has 0 aliphatic heterocycles. The lowest BCUT2D eigenvalue weighted by atomic mass is 10.1. The average molecular weight is 310 g/mol. The third-order valence-electron chi connectivity index (χ3n) is 3.09. The largest absolute Gasteiger partial charge is 0.466 e. The van der Waals surface area contributed by atoms with Crippen molar-refractivity contribution >= 4 is 17.4 Å². The van der Waals surface area contributed by atoms with Crippen LogP contribution in [0.1, 0.15) is 42.8 Å². The van der Waals surface area contributed by atoms with Crippen molar-refractivity contribution in [1.82, 2.24) is 9.97 Å². The molecule has 1 N–H and O–H groups in total. The lowest BCUT2D eigenvalue weighted by Crippen LogP contribution is -2.10. The van der Waals surface area contributed by atoms with Gasteiger partial charge in [-0.3, -0.25) is 0 Å². The van der Waals surface area contributed by atoms with Crippen molar-refractivity contribution in [2.75, 3.05) is 11.9 Å². The number of halogens is 1. The zero-order valence-corrected chi connectivity index (χ0v) is 13.5. The number of aryl methyl sites for hydroxylation is 2. The van der Waals surface area contributed by atoms with Crippen LogP contribution >= 0.6 is 11.6 Å². The molecule has 0 radical (unpaired) electrons. The highest BCUT2D eigenvalue weighted by Crippen LogP contribution is 2.25. The Balaban J connectivity index is 2.14. The Bertz CT molecular complexity index is 613. The standard InChI is InChI=1S/C15H20ClN3O2/c1-5-20-8-15-18-13(16)7-14(19-15)17-10(3)12-6-9(2)21-11(12)4/h6-7,10H,5,8H2,1-4H3,(H,17,18,19). The smallest absolute Gasteiger partial charge is 0.158 e. The first-order valence-corrected chi connectivity index (χ1v) is 7.32. The van der Waals surface area contributed by atoms with Gasteiger partial charge in [0.2, 0.25) is 0 Å². The van der Waals surface area contributed by atoms with E-state index < -0.39 is 0 Å². The Morgan fingerprint density at radius 1 is 1.33 bits per heavy atom. The maximum Gasteiger partial charge on any atom is 0.158 e. The van der Waals surface area contributed by atoms with Crippen LogP contribution in [0, 0.1) is 13.8 Å². The van der Waals surface area contributed by atoms with Gasteiger partial charge in [0.05, 0.1) is 6.04 Å². The minimum atomic E-state index is 0.0633. The SMILES string of the molecule is CCOCc1nc(Cl)cc(NC(C)c2cc(C)oc2C)n1. The fourth-order valence-electron chi connectivity index (χ4n) is 2.18. The van der Waals surface area contributed by atoms with Crippen molar-refractivity contribution in [3.8, 4) is 0 Å². The van der Waals surface area contributed by atoms with Gasteiger partial charge < -0.3 is 14.5 Å². The van der Waals surface area contributed by atoms with Crippen LogP contribution in [0.2, 0.25) is 5.15 Å². The molecule has 2 heterocycles. The van der Waals surface area contributed by atoms with E-state index in [1.807, 2.05) is 26.8 Å². The van der Waals surface area contributed by atoms with E-state index in [2.05, 4.69) is 22.2 Å². The van der Waals surface area contributed by atoms with E-state index in [0.717, 1.165) is 17.1 Å². The summed E-state index contributed by atoms with van der Waals surface area (Å²) in [6.07, 6.45) is 0. The van der Waals surface area contributed by atoms with Crippen LogP contribution in [0.4, 0.5) is 5.82 Å². The topological polar surface area (TPSA) is 60.2 Å². The molecule has 1 atom stereocenters. The van der Waals surface area contributed by atoms with Crippen LogP contribution in [-0.4, -0.2) is 16.6 Å². The summed E-state index contributed by atoms with van der Waals surface area (Å²) in [4.78, 5) is 8.55. The number of hydrogen-bond acceptors (Lipinski definition) is 5. The highest BCUT2D eigenvalue weighted by molar-refractivity contribution is 6.29. The second kappa shape index (κ2) is 6.91. The van der Waals surface area contributed by atoms with E-state index in [4.69, 9.17) is 20.8 Å². The molecule has 0 saturated heterocycles. The number of furan rings is 1. The zero-order chi connectivity index (χ0) is 15.4. The molecule has 0 aliphatic rings. The number of nitrogens with one attached hydrogen (secondary N) is 1. The Labute approximate surface area is 129 Å². The summed E-state index contributed by atoms with van der Waals surface area (Å²) in [5.41, 5.74) is 1.11. The van der Waals surface area contributed by atoms with Crippen LogP contribution in [0.15, 0.2) is 16.5 Å². The van der Waals surface area contributed by atoms with Gasteiger partial charge in [0.25, 0.3) is 0 Å².